The van der Waals surface area contributed by atoms with Gasteiger partial charge in [0.25, 0.3) is 0 Å². The van der Waals surface area contributed by atoms with Gasteiger partial charge in [-0.15, -0.1) is 0 Å². The van der Waals surface area contributed by atoms with E-state index >= 15 is 0 Å². The van der Waals surface area contributed by atoms with E-state index in [1.165, 1.54) is 17.7 Å². The predicted octanol–water partition coefficient (Wildman–Crippen LogP) is 3.75. The van der Waals surface area contributed by atoms with Crippen molar-refractivity contribution >= 4 is 17.3 Å². The highest BCUT2D eigenvalue weighted by molar-refractivity contribution is 5.93. The van der Waals surface area contributed by atoms with Crippen LogP contribution in [-0.4, -0.2) is 12.5 Å². The number of benzene rings is 2. The lowest BCUT2D eigenvalue weighted by Gasteiger charge is -2.10. The predicted molar refractivity (Wildman–Crippen MR) is 84.1 cm³/mol. The smallest absolute Gasteiger partial charge is 0.243 e. The average molecular weight is 286 g/mol. The maximum absolute atomic E-state index is 13.2. The largest absolute Gasteiger partial charge is 0.376 e. The lowest BCUT2D eigenvalue weighted by Crippen LogP contribution is -2.22. The van der Waals surface area contributed by atoms with Crippen molar-refractivity contribution < 1.29 is 9.18 Å². The average Bonchev–Trinajstić information content (AvgIpc) is 2.48. The van der Waals surface area contributed by atoms with Crippen molar-refractivity contribution in [2.75, 3.05) is 17.2 Å². The zero-order valence-corrected chi connectivity index (χ0v) is 12.2. The van der Waals surface area contributed by atoms with Crippen molar-refractivity contribution in [3.8, 4) is 0 Å². The molecule has 2 aromatic rings. The first kappa shape index (κ1) is 15.0. The Kier molecular flexibility index (Phi) is 4.93. The highest BCUT2D eigenvalue weighted by Crippen LogP contribution is 2.16. The fourth-order valence-electron chi connectivity index (χ4n) is 2.03. The van der Waals surface area contributed by atoms with E-state index in [0.717, 1.165) is 17.7 Å². The van der Waals surface area contributed by atoms with Gasteiger partial charge < -0.3 is 10.6 Å². The Labute approximate surface area is 124 Å². The zero-order valence-electron chi connectivity index (χ0n) is 12.2. The van der Waals surface area contributed by atoms with Crippen molar-refractivity contribution in [2.45, 2.75) is 20.3 Å². The van der Waals surface area contributed by atoms with Gasteiger partial charge in [-0.2, -0.15) is 0 Å². The maximum Gasteiger partial charge on any atom is 0.243 e. The monoisotopic (exact) mass is 286 g/mol. The molecule has 0 aliphatic carbocycles. The first-order chi connectivity index (χ1) is 10.1. The SMILES string of the molecule is CCc1cccc(NC(=O)CNc2cc(F)ccc2C)c1. The van der Waals surface area contributed by atoms with Crippen LogP contribution in [-0.2, 0) is 11.2 Å². The van der Waals surface area contributed by atoms with Crippen molar-refractivity contribution in [1.29, 1.82) is 0 Å². The van der Waals surface area contributed by atoms with Gasteiger partial charge in [0.15, 0.2) is 0 Å². The van der Waals surface area contributed by atoms with E-state index < -0.39 is 0 Å². The molecule has 2 aromatic carbocycles. The van der Waals surface area contributed by atoms with Crippen molar-refractivity contribution in [2.24, 2.45) is 0 Å². The summed E-state index contributed by atoms with van der Waals surface area (Å²) in [5.74, 6) is -0.480. The Morgan fingerprint density at radius 3 is 2.76 bits per heavy atom. The van der Waals surface area contributed by atoms with E-state index in [0.29, 0.717) is 5.69 Å². The molecule has 0 aliphatic rings. The van der Waals surface area contributed by atoms with Gasteiger partial charge in [0.05, 0.1) is 6.54 Å². The molecule has 21 heavy (non-hydrogen) atoms. The molecule has 0 fully saturated rings. The van der Waals surface area contributed by atoms with Gasteiger partial charge in [0.1, 0.15) is 5.82 Å². The molecule has 2 N–H and O–H groups in total. The third-order valence-corrected chi connectivity index (χ3v) is 3.26. The van der Waals surface area contributed by atoms with Gasteiger partial charge in [-0.3, -0.25) is 4.79 Å². The number of hydrogen-bond acceptors (Lipinski definition) is 2. The molecule has 0 spiro atoms. The van der Waals surface area contributed by atoms with E-state index in [4.69, 9.17) is 0 Å². The van der Waals surface area contributed by atoms with E-state index in [1.54, 1.807) is 6.07 Å². The van der Waals surface area contributed by atoms with Crippen molar-refractivity contribution in [3.63, 3.8) is 0 Å². The first-order valence-corrected chi connectivity index (χ1v) is 6.97. The quantitative estimate of drug-likeness (QED) is 0.879. The minimum atomic E-state index is -0.320. The second-order valence-corrected chi connectivity index (χ2v) is 4.91. The molecule has 1 amide bonds. The van der Waals surface area contributed by atoms with Crippen molar-refractivity contribution in [1.82, 2.24) is 0 Å². The van der Waals surface area contributed by atoms with Gasteiger partial charge in [-0.1, -0.05) is 25.1 Å². The number of anilines is 2. The van der Waals surface area contributed by atoms with E-state index in [2.05, 4.69) is 17.6 Å². The number of amides is 1. The molecule has 0 atom stereocenters. The number of carbonyl (C=O) groups excluding carboxylic acids is 1. The van der Waals surface area contributed by atoms with Crippen LogP contribution in [0.25, 0.3) is 0 Å². The van der Waals surface area contributed by atoms with E-state index in [1.807, 2.05) is 31.2 Å². The third-order valence-electron chi connectivity index (χ3n) is 3.26. The Balaban J connectivity index is 1.94. The summed E-state index contributed by atoms with van der Waals surface area (Å²) in [5.41, 5.74) is 3.48. The van der Waals surface area contributed by atoms with Crippen molar-refractivity contribution in [3.05, 3.63) is 59.4 Å². The highest BCUT2D eigenvalue weighted by Gasteiger charge is 2.05. The normalized spacial score (nSPS) is 10.2. The summed E-state index contributed by atoms with van der Waals surface area (Å²) >= 11 is 0. The number of hydrogen-bond donors (Lipinski definition) is 2. The summed E-state index contributed by atoms with van der Waals surface area (Å²) in [5, 5.41) is 5.78. The second-order valence-electron chi connectivity index (χ2n) is 4.91. The Morgan fingerprint density at radius 2 is 2.00 bits per heavy atom. The minimum Gasteiger partial charge on any atom is -0.376 e. The van der Waals surface area contributed by atoms with Crippen LogP contribution in [0.3, 0.4) is 0 Å². The maximum atomic E-state index is 13.2. The standard InChI is InChI=1S/C17H19FN2O/c1-3-13-5-4-6-15(9-13)20-17(21)11-19-16-10-14(18)8-7-12(16)2/h4-10,19H,3,11H2,1-2H3,(H,20,21). The molecule has 0 heterocycles. The Morgan fingerprint density at radius 1 is 1.19 bits per heavy atom. The van der Waals surface area contributed by atoms with E-state index in [9.17, 15) is 9.18 Å². The second kappa shape index (κ2) is 6.88. The van der Waals surface area contributed by atoms with Crippen LogP contribution in [0.2, 0.25) is 0 Å². The summed E-state index contributed by atoms with van der Waals surface area (Å²) in [6, 6.07) is 12.2. The topological polar surface area (TPSA) is 41.1 Å². The van der Waals surface area contributed by atoms with Crippen LogP contribution in [0, 0.1) is 12.7 Å². The molecule has 0 radical (unpaired) electrons. The zero-order chi connectivity index (χ0) is 15.2. The Hall–Kier alpha value is -2.36. The molecular formula is C17H19FN2O. The summed E-state index contributed by atoms with van der Waals surface area (Å²) in [6.45, 7) is 4.03. The lowest BCUT2D eigenvalue weighted by molar-refractivity contribution is -0.114. The van der Waals surface area contributed by atoms with Crippen LogP contribution < -0.4 is 10.6 Å². The molecule has 2 rings (SSSR count). The molecular weight excluding hydrogens is 267 g/mol. The number of carbonyl (C=O) groups is 1. The molecule has 0 aliphatic heterocycles. The molecule has 0 saturated carbocycles. The lowest BCUT2D eigenvalue weighted by atomic mass is 10.1. The van der Waals surface area contributed by atoms with Crippen LogP contribution in [0.15, 0.2) is 42.5 Å². The fraction of sp³-hybridized carbons (Fsp3) is 0.235. The van der Waals surface area contributed by atoms with Gasteiger partial charge in [0.2, 0.25) is 5.91 Å². The first-order valence-electron chi connectivity index (χ1n) is 6.97. The fourth-order valence-corrected chi connectivity index (χ4v) is 2.03. The number of nitrogens with one attached hydrogen (secondary N) is 2. The van der Waals surface area contributed by atoms with Crippen LogP contribution >= 0.6 is 0 Å². The number of aryl methyl sites for hydroxylation is 2. The van der Waals surface area contributed by atoms with Gasteiger partial charge in [-0.25, -0.2) is 4.39 Å². The molecule has 0 unspecified atom stereocenters. The highest BCUT2D eigenvalue weighted by atomic mass is 19.1. The summed E-state index contributed by atoms with van der Waals surface area (Å²) in [7, 11) is 0. The number of halogens is 1. The number of rotatable bonds is 5. The minimum absolute atomic E-state index is 0.0979. The van der Waals surface area contributed by atoms with E-state index in [-0.39, 0.29) is 18.3 Å². The molecule has 3 nitrogen and oxygen atoms in total. The molecule has 110 valence electrons. The van der Waals surface area contributed by atoms with Gasteiger partial charge >= 0.3 is 0 Å². The summed E-state index contributed by atoms with van der Waals surface area (Å²) in [4.78, 5) is 11.9. The van der Waals surface area contributed by atoms with Gasteiger partial charge in [0, 0.05) is 11.4 Å². The van der Waals surface area contributed by atoms with Crippen LogP contribution in [0.4, 0.5) is 15.8 Å². The summed E-state index contributed by atoms with van der Waals surface area (Å²) in [6.07, 6.45) is 0.921. The van der Waals surface area contributed by atoms with Crippen LogP contribution in [0.5, 0.6) is 0 Å². The van der Waals surface area contributed by atoms with Gasteiger partial charge in [-0.05, 0) is 48.7 Å². The third kappa shape index (κ3) is 4.31. The molecule has 0 bridgehead atoms. The Bertz CT molecular complexity index is 640. The summed E-state index contributed by atoms with van der Waals surface area (Å²) < 4.78 is 13.2. The van der Waals surface area contributed by atoms with Crippen LogP contribution in [0.1, 0.15) is 18.1 Å². The molecule has 4 heteroatoms. The molecule has 0 aromatic heterocycles. The molecule has 0 saturated heterocycles.